The number of nitrogens with zero attached hydrogens (tertiary/aromatic N) is 1. The van der Waals surface area contributed by atoms with Crippen LogP contribution in [0.5, 0.6) is 0 Å². The molecule has 0 bridgehead atoms. The first kappa shape index (κ1) is 7.59. The second-order valence-corrected chi connectivity index (χ2v) is 3.39. The SMILES string of the molecule is Nc1ccnc2c1CCCCC2. The highest BCUT2D eigenvalue weighted by Gasteiger charge is 2.10. The molecule has 12 heavy (non-hydrogen) atoms. The van der Waals surface area contributed by atoms with Crippen molar-refractivity contribution in [2.75, 3.05) is 5.73 Å². The van der Waals surface area contributed by atoms with Crippen LogP contribution in [0.1, 0.15) is 30.5 Å². The lowest BCUT2D eigenvalue weighted by molar-refractivity contribution is 0.709. The first-order valence-corrected chi connectivity index (χ1v) is 4.60. The zero-order valence-electron chi connectivity index (χ0n) is 7.21. The number of hydrogen-bond acceptors (Lipinski definition) is 2. The Morgan fingerprint density at radius 1 is 1.17 bits per heavy atom. The fraction of sp³-hybridized carbons (Fsp3) is 0.500. The third kappa shape index (κ3) is 1.29. The summed E-state index contributed by atoms with van der Waals surface area (Å²) in [5.74, 6) is 0. The first-order chi connectivity index (χ1) is 5.88. The zero-order valence-corrected chi connectivity index (χ0v) is 7.21. The lowest BCUT2D eigenvalue weighted by Crippen LogP contribution is -2.00. The number of rotatable bonds is 0. The normalized spacial score (nSPS) is 16.7. The van der Waals surface area contributed by atoms with Gasteiger partial charge in [0.25, 0.3) is 0 Å². The predicted octanol–water partition coefficient (Wildman–Crippen LogP) is 1.93. The molecule has 0 amide bonds. The number of nitrogens with two attached hydrogens (primary N) is 1. The highest BCUT2D eigenvalue weighted by molar-refractivity contribution is 5.48. The van der Waals surface area contributed by atoms with Crippen molar-refractivity contribution in [3.05, 3.63) is 23.5 Å². The molecule has 0 unspecified atom stereocenters. The lowest BCUT2D eigenvalue weighted by atomic mass is 10.1. The Morgan fingerprint density at radius 2 is 2.00 bits per heavy atom. The molecule has 0 radical (unpaired) electrons. The quantitative estimate of drug-likeness (QED) is 0.592. The number of aryl methyl sites for hydroxylation is 1. The van der Waals surface area contributed by atoms with E-state index in [0.717, 1.165) is 18.5 Å². The van der Waals surface area contributed by atoms with Gasteiger partial charge in [-0.25, -0.2) is 0 Å². The van der Waals surface area contributed by atoms with Gasteiger partial charge < -0.3 is 5.73 Å². The molecule has 1 aromatic heterocycles. The topological polar surface area (TPSA) is 38.9 Å². The van der Waals surface area contributed by atoms with Crippen LogP contribution in [0.15, 0.2) is 12.3 Å². The van der Waals surface area contributed by atoms with Gasteiger partial charge in [-0.3, -0.25) is 4.98 Å². The molecule has 0 saturated carbocycles. The summed E-state index contributed by atoms with van der Waals surface area (Å²) in [6.45, 7) is 0. The standard InChI is InChI=1S/C10H14N2/c11-9-6-7-12-10-5-3-1-2-4-8(9)10/h6-7H,1-5H2,(H2,11,12). The molecular weight excluding hydrogens is 148 g/mol. The molecule has 1 aliphatic carbocycles. The molecule has 2 N–H and O–H groups in total. The molecule has 2 rings (SSSR count). The van der Waals surface area contributed by atoms with Crippen molar-refractivity contribution >= 4 is 5.69 Å². The molecule has 1 aliphatic rings. The number of anilines is 1. The van der Waals surface area contributed by atoms with Crippen LogP contribution in [0.4, 0.5) is 5.69 Å². The minimum Gasteiger partial charge on any atom is -0.398 e. The number of hydrogen-bond donors (Lipinski definition) is 1. The summed E-state index contributed by atoms with van der Waals surface area (Å²) in [7, 11) is 0. The minimum atomic E-state index is 0.932. The Balaban J connectivity index is 2.42. The summed E-state index contributed by atoms with van der Waals surface area (Å²) in [5, 5.41) is 0. The fourth-order valence-corrected chi connectivity index (χ4v) is 1.83. The monoisotopic (exact) mass is 162 g/mol. The summed E-state index contributed by atoms with van der Waals surface area (Å²) in [4.78, 5) is 4.36. The molecule has 1 heterocycles. The summed E-state index contributed by atoms with van der Waals surface area (Å²) in [5.41, 5.74) is 9.33. The van der Waals surface area contributed by atoms with Crippen LogP contribution in [-0.2, 0) is 12.8 Å². The average molecular weight is 162 g/mol. The molecule has 0 aromatic carbocycles. The summed E-state index contributed by atoms with van der Waals surface area (Å²) < 4.78 is 0. The molecule has 2 heteroatoms. The van der Waals surface area contributed by atoms with Gasteiger partial charge in [-0.2, -0.15) is 0 Å². The minimum absolute atomic E-state index is 0.932. The fourth-order valence-electron chi connectivity index (χ4n) is 1.83. The first-order valence-electron chi connectivity index (χ1n) is 4.60. The van der Waals surface area contributed by atoms with Crippen LogP contribution >= 0.6 is 0 Å². The van der Waals surface area contributed by atoms with Crippen molar-refractivity contribution in [3.8, 4) is 0 Å². The maximum Gasteiger partial charge on any atom is 0.0456 e. The Morgan fingerprint density at radius 3 is 2.92 bits per heavy atom. The van der Waals surface area contributed by atoms with Gasteiger partial charge in [0.1, 0.15) is 0 Å². The largest absolute Gasteiger partial charge is 0.398 e. The second kappa shape index (κ2) is 3.13. The van der Waals surface area contributed by atoms with Crippen molar-refractivity contribution in [2.24, 2.45) is 0 Å². The molecule has 0 fully saturated rings. The van der Waals surface area contributed by atoms with Gasteiger partial charge in [-0.1, -0.05) is 6.42 Å². The molecular formula is C10H14N2. The molecule has 2 nitrogen and oxygen atoms in total. The van der Waals surface area contributed by atoms with Crippen LogP contribution < -0.4 is 5.73 Å². The third-order valence-electron chi connectivity index (χ3n) is 2.52. The van der Waals surface area contributed by atoms with Crippen molar-refractivity contribution in [1.29, 1.82) is 0 Å². The molecule has 0 aliphatic heterocycles. The van der Waals surface area contributed by atoms with Gasteiger partial charge in [0.05, 0.1) is 0 Å². The van der Waals surface area contributed by atoms with E-state index in [1.165, 1.54) is 30.5 Å². The summed E-state index contributed by atoms with van der Waals surface area (Å²) in [6.07, 6.45) is 7.90. The van der Waals surface area contributed by atoms with E-state index in [4.69, 9.17) is 5.73 Å². The maximum atomic E-state index is 5.87. The molecule has 0 saturated heterocycles. The van der Waals surface area contributed by atoms with E-state index in [-0.39, 0.29) is 0 Å². The third-order valence-corrected chi connectivity index (χ3v) is 2.52. The van der Waals surface area contributed by atoms with E-state index in [0.29, 0.717) is 0 Å². The number of aromatic nitrogens is 1. The Hall–Kier alpha value is -1.05. The van der Waals surface area contributed by atoms with Crippen LogP contribution in [-0.4, -0.2) is 4.98 Å². The Labute approximate surface area is 72.8 Å². The lowest BCUT2D eigenvalue weighted by Gasteiger charge is -2.06. The van der Waals surface area contributed by atoms with Crippen LogP contribution in [0.2, 0.25) is 0 Å². The van der Waals surface area contributed by atoms with Gasteiger partial charge in [-0.05, 0) is 37.3 Å². The summed E-state index contributed by atoms with van der Waals surface area (Å²) in [6, 6.07) is 1.91. The van der Waals surface area contributed by atoms with Gasteiger partial charge >= 0.3 is 0 Å². The van der Waals surface area contributed by atoms with Gasteiger partial charge in [0, 0.05) is 17.6 Å². The maximum absolute atomic E-state index is 5.87. The highest BCUT2D eigenvalue weighted by Crippen LogP contribution is 2.22. The van der Waals surface area contributed by atoms with Crippen LogP contribution in [0.25, 0.3) is 0 Å². The van der Waals surface area contributed by atoms with E-state index in [1.54, 1.807) is 0 Å². The van der Waals surface area contributed by atoms with E-state index in [9.17, 15) is 0 Å². The van der Waals surface area contributed by atoms with Gasteiger partial charge in [0.15, 0.2) is 0 Å². The molecule has 0 spiro atoms. The van der Waals surface area contributed by atoms with Crippen molar-refractivity contribution < 1.29 is 0 Å². The van der Waals surface area contributed by atoms with Gasteiger partial charge in [0.2, 0.25) is 0 Å². The van der Waals surface area contributed by atoms with Crippen LogP contribution in [0, 0.1) is 0 Å². The molecule has 64 valence electrons. The zero-order chi connectivity index (χ0) is 8.39. The Bertz CT molecular complexity index is 281. The summed E-state index contributed by atoms with van der Waals surface area (Å²) >= 11 is 0. The average Bonchev–Trinajstić information content (AvgIpc) is 2.30. The van der Waals surface area contributed by atoms with E-state index < -0.39 is 0 Å². The number of pyridine rings is 1. The Kier molecular flexibility index (Phi) is 1.98. The van der Waals surface area contributed by atoms with Crippen molar-refractivity contribution in [3.63, 3.8) is 0 Å². The highest BCUT2D eigenvalue weighted by atomic mass is 14.7. The smallest absolute Gasteiger partial charge is 0.0456 e. The van der Waals surface area contributed by atoms with Crippen molar-refractivity contribution in [1.82, 2.24) is 4.98 Å². The second-order valence-electron chi connectivity index (χ2n) is 3.39. The molecule has 1 aromatic rings. The predicted molar refractivity (Wildman–Crippen MR) is 49.9 cm³/mol. The van der Waals surface area contributed by atoms with Crippen molar-refractivity contribution in [2.45, 2.75) is 32.1 Å². The van der Waals surface area contributed by atoms with Gasteiger partial charge in [-0.15, -0.1) is 0 Å². The van der Waals surface area contributed by atoms with Crippen LogP contribution in [0.3, 0.4) is 0 Å². The van der Waals surface area contributed by atoms with E-state index >= 15 is 0 Å². The number of fused-ring (bicyclic) bond motifs is 1. The van der Waals surface area contributed by atoms with E-state index in [1.807, 2.05) is 12.3 Å². The van der Waals surface area contributed by atoms with E-state index in [2.05, 4.69) is 4.98 Å². The number of nitrogen functional groups attached to an aromatic ring is 1. The molecule has 0 atom stereocenters.